The van der Waals surface area contributed by atoms with Crippen LogP contribution in [0.1, 0.15) is 59.8 Å². The molecule has 2 aliphatic heterocycles. The van der Waals surface area contributed by atoms with Crippen molar-refractivity contribution < 1.29 is 35.6 Å². The molecule has 1 atom stereocenters. The fraction of sp³-hybridized carbons (Fsp3) is 0.387. The van der Waals surface area contributed by atoms with E-state index in [1.165, 1.54) is 35.5 Å². The van der Waals surface area contributed by atoms with Gasteiger partial charge in [0.2, 0.25) is 5.91 Å². The van der Waals surface area contributed by atoms with Crippen molar-refractivity contribution in [3.8, 4) is 0 Å². The summed E-state index contributed by atoms with van der Waals surface area (Å²) in [7, 11) is -4.22. The summed E-state index contributed by atoms with van der Waals surface area (Å²) in [4.78, 5) is 31.1. The minimum Gasteiger partial charge on any atom is -0.346 e. The molecule has 1 aromatic heterocycles. The first-order chi connectivity index (χ1) is 21.6. The van der Waals surface area contributed by atoms with Gasteiger partial charge in [-0.1, -0.05) is 23.2 Å². The molecule has 2 fully saturated rings. The first-order valence-corrected chi connectivity index (χ1v) is 16.7. The van der Waals surface area contributed by atoms with Crippen LogP contribution >= 0.6 is 23.2 Å². The number of piperidine rings is 1. The molecule has 2 amide bonds. The molecule has 8 nitrogen and oxygen atoms in total. The number of carbonyl (C=O) groups excluding carboxylic acids is 2. The number of halogens is 6. The number of hydrogen-bond acceptors (Lipinski definition) is 5. The number of nitrogens with zero attached hydrogens (tertiary/aromatic N) is 3. The van der Waals surface area contributed by atoms with Crippen LogP contribution in [0.5, 0.6) is 0 Å². The monoisotopic (exact) mass is 698 g/mol. The first-order valence-electron chi connectivity index (χ1n) is 14.5. The molecule has 244 valence electrons. The molecule has 0 radical (unpaired) electrons. The Morgan fingerprint density at radius 1 is 1.07 bits per heavy atom. The van der Waals surface area contributed by atoms with Gasteiger partial charge in [-0.15, -0.1) is 0 Å². The molecule has 1 spiro atoms. The summed E-state index contributed by atoms with van der Waals surface area (Å²) in [5.74, 6) is -1.36. The number of anilines is 1. The summed E-state index contributed by atoms with van der Waals surface area (Å²) in [6, 6.07) is 7.68. The van der Waals surface area contributed by atoms with Gasteiger partial charge in [0.05, 0.1) is 50.0 Å². The highest BCUT2D eigenvalue weighted by Crippen LogP contribution is 2.61. The van der Waals surface area contributed by atoms with Gasteiger partial charge in [-0.2, -0.15) is 13.2 Å². The van der Waals surface area contributed by atoms with Gasteiger partial charge in [0, 0.05) is 37.2 Å². The van der Waals surface area contributed by atoms with E-state index in [1.54, 1.807) is 4.90 Å². The first kappa shape index (κ1) is 32.5. The maximum absolute atomic E-state index is 14.3. The van der Waals surface area contributed by atoms with E-state index >= 15 is 0 Å². The van der Waals surface area contributed by atoms with Crippen LogP contribution in [-0.4, -0.2) is 49.2 Å². The van der Waals surface area contributed by atoms with Crippen molar-refractivity contribution >= 4 is 50.7 Å². The van der Waals surface area contributed by atoms with Crippen LogP contribution in [0.3, 0.4) is 0 Å². The van der Waals surface area contributed by atoms with Crippen molar-refractivity contribution in [2.45, 2.75) is 61.7 Å². The lowest BCUT2D eigenvalue weighted by molar-refractivity contribution is -0.137. The van der Waals surface area contributed by atoms with Crippen LogP contribution in [0.4, 0.5) is 23.2 Å². The number of nitrogens with one attached hydrogen (secondary N) is 1. The van der Waals surface area contributed by atoms with Gasteiger partial charge < -0.3 is 10.2 Å². The standard InChI is InChI=1S/C31H28Cl2F4N4O4S/c1-17(42)40-12-10-30(11-13-40)26-25(41(28(30)18-2-3-18)46(44,45)21-6-4-20(34)5-7-21)9-8-22(27(26)33)29(43)39-16-24-23(32)14-19(15-38-24)31(35,36)37/h4-9,14-15,18,28H,2-3,10-13,16H2,1H3,(H,39,43). The number of alkyl halides is 3. The molecule has 2 aromatic carbocycles. The van der Waals surface area contributed by atoms with E-state index in [-0.39, 0.29) is 44.6 Å². The van der Waals surface area contributed by atoms with Crippen molar-refractivity contribution in [1.82, 2.24) is 15.2 Å². The van der Waals surface area contributed by atoms with Gasteiger partial charge >= 0.3 is 6.18 Å². The molecule has 15 heteroatoms. The average molecular weight is 700 g/mol. The zero-order valence-electron chi connectivity index (χ0n) is 24.4. The molecule has 3 aliphatic rings. The molecule has 1 unspecified atom stereocenters. The average Bonchev–Trinajstić information content (AvgIpc) is 3.79. The number of sulfonamides is 1. The molecule has 46 heavy (non-hydrogen) atoms. The van der Waals surface area contributed by atoms with Gasteiger partial charge in [-0.25, -0.2) is 12.8 Å². The highest BCUT2D eigenvalue weighted by atomic mass is 35.5. The smallest absolute Gasteiger partial charge is 0.346 e. The third kappa shape index (κ3) is 5.60. The van der Waals surface area contributed by atoms with Crippen LogP contribution in [0, 0.1) is 11.7 Å². The molecule has 6 rings (SSSR count). The molecule has 1 saturated carbocycles. The third-order valence-corrected chi connectivity index (χ3v) is 11.6. The van der Waals surface area contributed by atoms with E-state index in [4.69, 9.17) is 23.2 Å². The number of carbonyl (C=O) groups is 2. The van der Waals surface area contributed by atoms with Crippen LogP contribution in [0.2, 0.25) is 10.0 Å². The number of fused-ring (bicyclic) bond motifs is 2. The largest absolute Gasteiger partial charge is 0.417 e. The van der Waals surface area contributed by atoms with E-state index in [0.29, 0.717) is 43.4 Å². The van der Waals surface area contributed by atoms with Crippen molar-refractivity contribution in [3.05, 3.63) is 86.9 Å². The molecular formula is C31H28Cl2F4N4O4S. The SMILES string of the molecule is CC(=O)N1CCC2(CC1)c1c(ccc(C(=O)NCc3ncc(C(F)(F)F)cc3Cl)c1Cl)N(S(=O)(=O)c1ccc(F)cc1)C2C1CC1. The van der Waals surface area contributed by atoms with Crippen molar-refractivity contribution in [3.63, 3.8) is 0 Å². The number of amides is 2. The molecule has 1 N–H and O–H groups in total. The zero-order valence-corrected chi connectivity index (χ0v) is 26.7. The minimum atomic E-state index is -4.64. The molecule has 0 bridgehead atoms. The van der Waals surface area contributed by atoms with Crippen molar-refractivity contribution in [2.24, 2.45) is 5.92 Å². The Balaban J connectivity index is 1.40. The number of likely N-dealkylation sites (tertiary alicyclic amines) is 1. The maximum Gasteiger partial charge on any atom is 0.417 e. The lowest BCUT2D eigenvalue weighted by Crippen LogP contribution is -2.54. The number of benzene rings is 2. The second-order valence-corrected chi connectivity index (χ2v) is 14.5. The Kier molecular flexibility index (Phi) is 8.25. The second kappa shape index (κ2) is 11.7. The zero-order chi connectivity index (χ0) is 33.2. The molecule has 3 aromatic rings. The second-order valence-electron chi connectivity index (χ2n) is 11.9. The van der Waals surface area contributed by atoms with Crippen LogP contribution in [-0.2, 0) is 33.0 Å². The van der Waals surface area contributed by atoms with Gasteiger partial charge in [-0.05, 0) is 74.1 Å². The van der Waals surface area contributed by atoms with E-state index in [0.717, 1.165) is 31.0 Å². The van der Waals surface area contributed by atoms with E-state index in [1.807, 2.05) is 0 Å². The van der Waals surface area contributed by atoms with Gasteiger partial charge in [0.1, 0.15) is 5.82 Å². The lowest BCUT2D eigenvalue weighted by atomic mass is 9.68. The van der Waals surface area contributed by atoms with Crippen LogP contribution < -0.4 is 9.62 Å². The van der Waals surface area contributed by atoms with E-state index in [2.05, 4.69) is 10.3 Å². The van der Waals surface area contributed by atoms with Crippen LogP contribution in [0.15, 0.2) is 53.6 Å². The number of pyridine rings is 1. The Hall–Kier alpha value is -3.42. The van der Waals surface area contributed by atoms with Crippen molar-refractivity contribution in [2.75, 3.05) is 17.4 Å². The Morgan fingerprint density at radius 3 is 2.28 bits per heavy atom. The summed E-state index contributed by atoms with van der Waals surface area (Å²) >= 11 is 13.1. The number of rotatable bonds is 6. The van der Waals surface area contributed by atoms with Crippen molar-refractivity contribution in [1.29, 1.82) is 0 Å². The highest BCUT2D eigenvalue weighted by Gasteiger charge is 2.61. The summed E-state index contributed by atoms with van der Waals surface area (Å²) in [6.45, 7) is 1.88. The molecule has 1 aliphatic carbocycles. The topological polar surface area (TPSA) is 99.7 Å². The quantitative estimate of drug-likeness (QED) is 0.303. The van der Waals surface area contributed by atoms with Gasteiger partial charge in [0.25, 0.3) is 15.9 Å². The Labute approximate surface area is 272 Å². The Bertz CT molecular complexity index is 1830. The maximum atomic E-state index is 14.3. The van der Waals surface area contributed by atoms with Gasteiger partial charge in [0.15, 0.2) is 0 Å². The summed E-state index contributed by atoms with van der Waals surface area (Å²) in [6.07, 6.45) is -1.67. The molecular weight excluding hydrogens is 671 g/mol. The normalized spacial score (nSPS) is 19.3. The van der Waals surface area contributed by atoms with Gasteiger partial charge in [-0.3, -0.25) is 18.9 Å². The molecule has 3 heterocycles. The summed E-state index contributed by atoms with van der Waals surface area (Å²) in [5, 5.41) is 2.37. The van der Waals surface area contributed by atoms with E-state index in [9.17, 15) is 35.6 Å². The van der Waals surface area contributed by atoms with E-state index < -0.39 is 44.9 Å². The van der Waals surface area contributed by atoms with Crippen LogP contribution in [0.25, 0.3) is 0 Å². The lowest BCUT2D eigenvalue weighted by Gasteiger charge is -2.45. The fourth-order valence-electron chi connectivity index (χ4n) is 6.75. The minimum absolute atomic E-state index is 0.00673. The highest BCUT2D eigenvalue weighted by molar-refractivity contribution is 7.93. The summed E-state index contributed by atoms with van der Waals surface area (Å²) < 4.78 is 82.8. The predicted molar refractivity (Wildman–Crippen MR) is 163 cm³/mol. The summed E-state index contributed by atoms with van der Waals surface area (Å²) in [5.41, 5.74) is -1.02. The number of hydrogen-bond donors (Lipinski definition) is 1. The Morgan fingerprint density at radius 2 is 1.72 bits per heavy atom. The third-order valence-electron chi connectivity index (χ3n) is 9.12. The predicted octanol–water partition coefficient (Wildman–Crippen LogP) is 6.34. The fourth-order valence-corrected chi connectivity index (χ4v) is 9.21. The number of aromatic nitrogens is 1. The molecule has 1 saturated heterocycles.